The number of hydrogen-bond acceptors (Lipinski definition) is 5. The van der Waals surface area contributed by atoms with Crippen LogP contribution in [0.5, 0.6) is 5.75 Å². The number of amides is 1. The first kappa shape index (κ1) is 25.4. The first-order chi connectivity index (χ1) is 13.2. The van der Waals surface area contributed by atoms with Crippen LogP contribution in [0.1, 0.15) is 20.8 Å². The van der Waals surface area contributed by atoms with Gasteiger partial charge in [-0.1, -0.05) is 32.6 Å². The van der Waals surface area contributed by atoms with Gasteiger partial charge in [0, 0.05) is 6.54 Å². The van der Waals surface area contributed by atoms with E-state index in [0.29, 0.717) is 11.3 Å². The summed E-state index contributed by atoms with van der Waals surface area (Å²) in [4.78, 5) is 12.2. The van der Waals surface area contributed by atoms with Crippen LogP contribution in [0.25, 0.3) is 0 Å². The highest BCUT2D eigenvalue weighted by Gasteiger charge is 2.38. The van der Waals surface area contributed by atoms with E-state index in [1.807, 2.05) is 0 Å². The number of sulfonamides is 1. The van der Waals surface area contributed by atoms with Crippen LogP contribution >= 0.6 is 0 Å². The molecule has 0 spiro atoms. The van der Waals surface area contributed by atoms with Crippen molar-refractivity contribution in [2.75, 3.05) is 13.7 Å². The van der Waals surface area contributed by atoms with E-state index in [1.54, 1.807) is 32.3 Å². The number of nitrogens with one attached hydrogen (secondary N) is 1. The molecule has 1 aromatic carbocycles. The van der Waals surface area contributed by atoms with Crippen molar-refractivity contribution < 1.29 is 23.2 Å². The Labute approximate surface area is 167 Å². The molecule has 0 aliphatic carbocycles. The van der Waals surface area contributed by atoms with Gasteiger partial charge in [0.05, 0.1) is 12.0 Å². The summed E-state index contributed by atoms with van der Waals surface area (Å²) in [6.45, 7) is 8.80. The van der Waals surface area contributed by atoms with Crippen LogP contribution in [0.3, 0.4) is 0 Å². The van der Waals surface area contributed by atoms with Gasteiger partial charge in [-0.3, -0.25) is 10.0 Å². The van der Waals surface area contributed by atoms with Crippen LogP contribution in [0, 0.1) is 18.8 Å². The molecule has 1 amide bonds. The van der Waals surface area contributed by atoms with Gasteiger partial charge in [-0.2, -0.15) is 4.31 Å². The van der Waals surface area contributed by atoms with Crippen molar-refractivity contribution in [1.82, 2.24) is 9.79 Å². The number of carbonyl (C=O) groups excluding carboxylic acids is 1. The average molecular weight is 409 g/mol. The molecule has 0 aromatic heterocycles. The second-order valence-electron chi connectivity index (χ2n) is 5.96. The summed E-state index contributed by atoms with van der Waals surface area (Å²) in [5.74, 6) is -0.654. The molecule has 0 radical (unpaired) electrons. The number of nitrogens with zero attached hydrogens (tertiary/aromatic N) is 1. The molecule has 1 rings (SSSR count). The quantitative estimate of drug-likeness (QED) is 0.283. The van der Waals surface area contributed by atoms with Crippen LogP contribution in [-0.4, -0.2) is 43.5 Å². The van der Waals surface area contributed by atoms with Gasteiger partial charge < -0.3 is 4.74 Å². The molecule has 1 aromatic rings. The fourth-order valence-electron chi connectivity index (χ4n) is 2.50. The van der Waals surface area contributed by atoms with Crippen molar-refractivity contribution in [1.29, 1.82) is 0 Å². The Balaban J connectivity index is 0.00000352. The number of terminal acetylenes is 1. The van der Waals surface area contributed by atoms with Crippen molar-refractivity contribution in [2.45, 2.75) is 31.7 Å². The van der Waals surface area contributed by atoms with Crippen LogP contribution in [-0.2, 0) is 14.8 Å². The summed E-state index contributed by atoms with van der Waals surface area (Å²) in [5, 5.41) is 9.08. The monoisotopic (exact) mass is 408 g/mol. The summed E-state index contributed by atoms with van der Waals surface area (Å²) in [5.41, 5.74) is 2.21. The zero-order valence-corrected chi connectivity index (χ0v) is 17.4. The van der Waals surface area contributed by atoms with Crippen molar-refractivity contribution >= 4 is 15.9 Å². The molecule has 1 atom stereocenters. The number of hydroxylamine groups is 1. The average Bonchev–Trinajstić information content (AvgIpc) is 2.71. The number of allylic oxidation sites excluding steroid dienone is 1. The van der Waals surface area contributed by atoms with E-state index in [0.717, 1.165) is 4.31 Å². The van der Waals surface area contributed by atoms with E-state index < -0.39 is 22.0 Å². The molecule has 0 aliphatic heterocycles. The van der Waals surface area contributed by atoms with E-state index >= 15 is 0 Å². The van der Waals surface area contributed by atoms with Crippen molar-refractivity contribution in [3.63, 3.8) is 0 Å². The summed E-state index contributed by atoms with van der Waals surface area (Å²) in [7, 11) is -2.54. The SMILES string of the molecule is C#C.C=C/C(=C\C)CN([C@@H](C(=O)NO)C(C)C)S(=O)(=O)c1ccc(OC)cc1. The first-order valence-corrected chi connectivity index (χ1v) is 9.87. The predicted octanol–water partition coefficient (Wildman–Crippen LogP) is 2.60. The molecule has 8 heteroatoms. The number of ether oxygens (including phenoxy) is 1. The van der Waals surface area contributed by atoms with Gasteiger partial charge in [-0.15, -0.1) is 12.8 Å². The lowest BCUT2D eigenvalue weighted by atomic mass is 10.0. The molecular weight excluding hydrogens is 380 g/mol. The molecule has 0 aliphatic rings. The van der Waals surface area contributed by atoms with E-state index in [4.69, 9.17) is 9.94 Å². The van der Waals surface area contributed by atoms with Crippen LogP contribution < -0.4 is 10.2 Å². The van der Waals surface area contributed by atoms with Gasteiger partial charge in [0.25, 0.3) is 5.91 Å². The Bertz CT molecular complexity index is 796. The largest absolute Gasteiger partial charge is 0.497 e. The molecule has 0 saturated carbocycles. The van der Waals surface area contributed by atoms with E-state index in [9.17, 15) is 13.2 Å². The Morgan fingerprint density at radius 3 is 2.21 bits per heavy atom. The maximum Gasteiger partial charge on any atom is 0.262 e. The van der Waals surface area contributed by atoms with Gasteiger partial charge in [0.15, 0.2) is 0 Å². The molecule has 0 saturated heterocycles. The highest BCUT2D eigenvalue weighted by Crippen LogP contribution is 2.25. The van der Waals surface area contributed by atoms with Crippen molar-refractivity contribution in [3.8, 4) is 18.6 Å². The number of rotatable bonds is 9. The fourth-order valence-corrected chi connectivity index (χ4v) is 4.21. The minimum atomic E-state index is -4.02. The molecule has 7 nitrogen and oxygen atoms in total. The molecule has 0 heterocycles. The van der Waals surface area contributed by atoms with Gasteiger partial charge >= 0.3 is 0 Å². The summed E-state index contributed by atoms with van der Waals surface area (Å²) >= 11 is 0. The molecular formula is C20H28N2O5S. The van der Waals surface area contributed by atoms with Crippen molar-refractivity contribution in [3.05, 3.63) is 48.6 Å². The summed E-state index contributed by atoms with van der Waals surface area (Å²) in [6.07, 6.45) is 11.3. The molecule has 0 bridgehead atoms. The number of benzene rings is 1. The van der Waals surface area contributed by atoms with Crippen molar-refractivity contribution in [2.24, 2.45) is 5.92 Å². The third-order valence-electron chi connectivity index (χ3n) is 3.96. The van der Waals surface area contributed by atoms with Gasteiger partial charge in [-0.25, -0.2) is 13.9 Å². The second-order valence-corrected chi connectivity index (χ2v) is 7.85. The second kappa shape index (κ2) is 12.0. The highest BCUT2D eigenvalue weighted by atomic mass is 32.2. The third kappa shape index (κ3) is 6.23. The topological polar surface area (TPSA) is 95.9 Å². The Hall–Kier alpha value is -2.60. The lowest BCUT2D eigenvalue weighted by molar-refractivity contribution is -0.134. The van der Waals surface area contributed by atoms with E-state index in [2.05, 4.69) is 19.4 Å². The fraction of sp³-hybridized carbons (Fsp3) is 0.350. The Morgan fingerprint density at radius 2 is 1.86 bits per heavy atom. The Kier molecular flexibility index (Phi) is 10.9. The molecule has 28 heavy (non-hydrogen) atoms. The maximum absolute atomic E-state index is 13.2. The minimum absolute atomic E-state index is 0.0224. The van der Waals surface area contributed by atoms with Crippen LogP contribution in [0.4, 0.5) is 0 Å². The normalized spacial score (nSPS) is 12.7. The van der Waals surface area contributed by atoms with E-state index in [-0.39, 0.29) is 17.4 Å². The lowest BCUT2D eigenvalue weighted by Crippen LogP contribution is -2.52. The van der Waals surface area contributed by atoms with Crippen LogP contribution in [0.15, 0.2) is 53.5 Å². The molecule has 0 fully saturated rings. The zero-order valence-electron chi connectivity index (χ0n) is 16.6. The number of hydrogen-bond donors (Lipinski definition) is 2. The molecule has 154 valence electrons. The standard InChI is InChI=1S/C18H26N2O5S.C2H2/c1-6-14(7-2)12-20(17(13(3)4)18(21)19-22)26(23,24)16-10-8-15(25-5)9-11-16;1-2/h6-11,13,17,22H,1,12H2,2-5H3,(H,19,21);1-2H/b14-7+;/t17-;/m1./s1. The summed E-state index contributed by atoms with van der Waals surface area (Å²) in [6, 6.07) is 4.80. The van der Waals surface area contributed by atoms with Gasteiger partial charge in [-0.05, 0) is 42.7 Å². The molecule has 0 unspecified atom stereocenters. The highest BCUT2D eigenvalue weighted by molar-refractivity contribution is 7.89. The number of carbonyl (C=O) groups is 1. The number of methoxy groups -OCH3 is 1. The maximum atomic E-state index is 13.2. The van der Waals surface area contributed by atoms with Gasteiger partial charge in [0.2, 0.25) is 10.0 Å². The lowest BCUT2D eigenvalue weighted by Gasteiger charge is -2.32. The Morgan fingerprint density at radius 1 is 1.32 bits per heavy atom. The zero-order chi connectivity index (χ0) is 21.9. The minimum Gasteiger partial charge on any atom is -0.497 e. The smallest absolute Gasteiger partial charge is 0.262 e. The van der Waals surface area contributed by atoms with Gasteiger partial charge in [0.1, 0.15) is 11.8 Å². The summed E-state index contributed by atoms with van der Waals surface area (Å²) < 4.78 is 32.6. The third-order valence-corrected chi connectivity index (χ3v) is 5.80. The first-order valence-electron chi connectivity index (χ1n) is 8.43. The molecule has 2 N–H and O–H groups in total. The van der Waals surface area contributed by atoms with Crippen LogP contribution in [0.2, 0.25) is 0 Å². The predicted molar refractivity (Wildman–Crippen MR) is 109 cm³/mol. The van der Waals surface area contributed by atoms with E-state index in [1.165, 1.54) is 37.5 Å².